The number of aliphatic carboxylic acids is 1. The van der Waals surface area contributed by atoms with E-state index in [1.165, 1.54) is 5.56 Å². The van der Waals surface area contributed by atoms with Crippen LogP contribution in [0.25, 0.3) is 11.3 Å². The minimum atomic E-state index is -0.809. The van der Waals surface area contributed by atoms with E-state index in [4.69, 9.17) is 5.11 Å². The van der Waals surface area contributed by atoms with Crippen LogP contribution in [0, 0.1) is 6.92 Å². The Hall–Kier alpha value is -1.62. The summed E-state index contributed by atoms with van der Waals surface area (Å²) < 4.78 is 2.69. The van der Waals surface area contributed by atoms with Gasteiger partial charge in [0, 0.05) is 19.0 Å². The number of aromatic nitrogens is 2. The summed E-state index contributed by atoms with van der Waals surface area (Å²) in [6.45, 7) is 2.04. The summed E-state index contributed by atoms with van der Waals surface area (Å²) in [7, 11) is 1.91. The van der Waals surface area contributed by atoms with Gasteiger partial charge >= 0.3 is 5.97 Å². The highest BCUT2D eigenvalue weighted by Gasteiger charge is 2.15. The van der Waals surface area contributed by atoms with Gasteiger partial charge in [-0.15, -0.1) is 0 Å². The lowest BCUT2D eigenvalue weighted by Gasteiger charge is -2.06. The molecular weight excluding hydrogens is 308 g/mol. The molecule has 5 heteroatoms. The smallest absolute Gasteiger partial charge is 0.303 e. The molecule has 0 bridgehead atoms. The van der Waals surface area contributed by atoms with Gasteiger partial charge in [0.05, 0.1) is 12.1 Å². The number of imidazole rings is 1. The Balaban J connectivity index is 2.36. The molecule has 2 rings (SSSR count). The van der Waals surface area contributed by atoms with E-state index in [9.17, 15) is 4.79 Å². The molecule has 0 saturated heterocycles. The van der Waals surface area contributed by atoms with Crippen molar-refractivity contribution in [3.63, 3.8) is 0 Å². The van der Waals surface area contributed by atoms with Crippen LogP contribution in [0.15, 0.2) is 28.9 Å². The molecule has 0 aliphatic heterocycles. The molecule has 0 radical (unpaired) electrons. The van der Waals surface area contributed by atoms with Gasteiger partial charge < -0.3 is 9.67 Å². The molecular formula is C14H15BrN2O2. The third-order valence-electron chi connectivity index (χ3n) is 3.03. The molecule has 1 aromatic heterocycles. The van der Waals surface area contributed by atoms with Gasteiger partial charge in [-0.3, -0.25) is 4.79 Å². The average molecular weight is 323 g/mol. The summed E-state index contributed by atoms with van der Waals surface area (Å²) in [5.41, 5.74) is 3.24. The van der Waals surface area contributed by atoms with Crippen molar-refractivity contribution in [2.24, 2.45) is 7.05 Å². The fourth-order valence-electron chi connectivity index (χ4n) is 1.98. The van der Waals surface area contributed by atoms with Crippen LogP contribution in [0.1, 0.15) is 17.8 Å². The van der Waals surface area contributed by atoms with E-state index in [-0.39, 0.29) is 6.42 Å². The normalized spacial score (nSPS) is 10.7. The fraction of sp³-hybridized carbons (Fsp3) is 0.286. The van der Waals surface area contributed by atoms with Crippen molar-refractivity contribution in [3.8, 4) is 11.3 Å². The lowest BCUT2D eigenvalue weighted by molar-refractivity contribution is -0.137. The molecule has 0 aliphatic rings. The molecule has 0 spiro atoms. The first-order chi connectivity index (χ1) is 8.99. The van der Waals surface area contributed by atoms with Crippen molar-refractivity contribution in [1.82, 2.24) is 9.55 Å². The minimum absolute atomic E-state index is 0.0879. The standard InChI is InChI=1S/C14H15BrN2O2/c1-9-3-5-10(6-4-9)13-14(15)16-11(17(13)2)7-8-12(18)19/h3-6H,7-8H2,1-2H3,(H,18,19). The zero-order valence-electron chi connectivity index (χ0n) is 10.9. The summed E-state index contributed by atoms with van der Waals surface area (Å²) >= 11 is 3.45. The van der Waals surface area contributed by atoms with Gasteiger partial charge in [0.25, 0.3) is 0 Å². The molecule has 0 unspecified atom stereocenters. The summed E-state index contributed by atoms with van der Waals surface area (Å²) in [5.74, 6) is -0.0409. The first-order valence-electron chi connectivity index (χ1n) is 5.99. The maximum Gasteiger partial charge on any atom is 0.303 e. The van der Waals surface area contributed by atoms with Crippen LogP contribution in [0.3, 0.4) is 0 Å². The minimum Gasteiger partial charge on any atom is -0.481 e. The Kier molecular flexibility index (Phi) is 4.04. The maximum absolute atomic E-state index is 10.6. The number of carboxylic acid groups (broad SMARTS) is 1. The monoisotopic (exact) mass is 322 g/mol. The number of rotatable bonds is 4. The van der Waals surface area contributed by atoms with Crippen molar-refractivity contribution < 1.29 is 9.90 Å². The molecule has 1 heterocycles. The number of aryl methyl sites for hydroxylation is 2. The zero-order valence-corrected chi connectivity index (χ0v) is 12.4. The largest absolute Gasteiger partial charge is 0.481 e. The first-order valence-corrected chi connectivity index (χ1v) is 6.78. The summed E-state index contributed by atoms with van der Waals surface area (Å²) in [4.78, 5) is 15.0. The van der Waals surface area contributed by atoms with Gasteiger partial charge in [-0.25, -0.2) is 4.98 Å². The molecule has 0 atom stereocenters. The third kappa shape index (κ3) is 3.04. The van der Waals surface area contributed by atoms with Gasteiger partial charge in [0.15, 0.2) is 0 Å². The van der Waals surface area contributed by atoms with Gasteiger partial charge in [-0.2, -0.15) is 0 Å². The van der Waals surface area contributed by atoms with Crippen LogP contribution in [0.4, 0.5) is 0 Å². The Bertz CT molecular complexity index is 603. The molecule has 0 aliphatic carbocycles. The van der Waals surface area contributed by atoms with E-state index in [0.717, 1.165) is 21.7 Å². The summed E-state index contributed by atoms with van der Waals surface area (Å²) in [6, 6.07) is 8.17. The van der Waals surface area contributed by atoms with E-state index in [1.807, 2.05) is 42.8 Å². The number of halogens is 1. The maximum atomic E-state index is 10.6. The second-order valence-electron chi connectivity index (χ2n) is 4.49. The van der Waals surface area contributed by atoms with Crippen LogP contribution in [0.5, 0.6) is 0 Å². The van der Waals surface area contributed by atoms with Crippen LogP contribution in [-0.4, -0.2) is 20.6 Å². The van der Waals surface area contributed by atoms with Gasteiger partial charge in [-0.1, -0.05) is 29.8 Å². The Morgan fingerprint density at radius 1 is 1.37 bits per heavy atom. The number of carboxylic acids is 1. The van der Waals surface area contributed by atoms with Gasteiger partial charge in [-0.05, 0) is 22.9 Å². The number of nitrogens with zero attached hydrogens (tertiary/aromatic N) is 2. The first kappa shape index (κ1) is 13.8. The topological polar surface area (TPSA) is 55.1 Å². The quantitative estimate of drug-likeness (QED) is 0.940. The molecule has 100 valence electrons. The molecule has 4 nitrogen and oxygen atoms in total. The van der Waals surface area contributed by atoms with Crippen molar-refractivity contribution >= 4 is 21.9 Å². The van der Waals surface area contributed by atoms with Crippen LogP contribution < -0.4 is 0 Å². The molecule has 1 aromatic carbocycles. The third-order valence-corrected chi connectivity index (χ3v) is 3.59. The van der Waals surface area contributed by atoms with Gasteiger partial charge in [0.2, 0.25) is 0 Å². The van der Waals surface area contributed by atoms with Crippen molar-refractivity contribution in [2.75, 3.05) is 0 Å². The SMILES string of the molecule is Cc1ccc(-c2c(Br)nc(CCC(=O)O)n2C)cc1. The molecule has 0 saturated carbocycles. The molecule has 1 N–H and O–H groups in total. The lowest BCUT2D eigenvalue weighted by Crippen LogP contribution is -2.04. The summed E-state index contributed by atoms with van der Waals surface area (Å²) in [5, 5.41) is 8.74. The highest BCUT2D eigenvalue weighted by molar-refractivity contribution is 9.10. The number of hydrogen-bond acceptors (Lipinski definition) is 2. The zero-order chi connectivity index (χ0) is 14.0. The Labute approximate surface area is 120 Å². The molecule has 0 amide bonds. The van der Waals surface area contributed by atoms with Crippen molar-refractivity contribution in [2.45, 2.75) is 19.8 Å². The van der Waals surface area contributed by atoms with Crippen LogP contribution in [0.2, 0.25) is 0 Å². The number of carbonyl (C=O) groups is 1. The number of hydrogen-bond donors (Lipinski definition) is 1. The van der Waals surface area contributed by atoms with E-state index >= 15 is 0 Å². The highest BCUT2D eigenvalue weighted by atomic mass is 79.9. The van der Waals surface area contributed by atoms with E-state index in [1.54, 1.807) is 0 Å². The predicted molar refractivity (Wildman–Crippen MR) is 77.0 cm³/mol. The molecule has 19 heavy (non-hydrogen) atoms. The van der Waals surface area contributed by atoms with Crippen LogP contribution >= 0.6 is 15.9 Å². The van der Waals surface area contributed by atoms with E-state index in [2.05, 4.69) is 20.9 Å². The van der Waals surface area contributed by atoms with E-state index in [0.29, 0.717) is 6.42 Å². The van der Waals surface area contributed by atoms with Gasteiger partial charge in [0.1, 0.15) is 10.4 Å². The van der Waals surface area contributed by atoms with Crippen molar-refractivity contribution in [3.05, 3.63) is 40.3 Å². The second kappa shape index (κ2) is 5.57. The predicted octanol–water partition coefficient (Wildman–Crippen LogP) is 3.18. The molecule has 0 fully saturated rings. The highest BCUT2D eigenvalue weighted by Crippen LogP contribution is 2.29. The number of benzene rings is 1. The summed E-state index contributed by atoms with van der Waals surface area (Å²) in [6.07, 6.45) is 0.515. The Morgan fingerprint density at radius 3 is 2.58 bits per heavy atom. The van der Waals surface area contributed by atoms with Crippen molar-refractivity contribution in [1.29, 1.82) is 0 Å². The van der Waals surface area contributed by atoms with Crippen LogP contribution in [-0.2, 0) is 18.3 Å². The molecule has 2 aromatic rings. The Morgan fingerprint density at radius 2 is 2.00 bits per heavy atom. The lowest BCUT2D eigenvalue weighted by atomic mass is 10.1. The second-order valence-corrected chi connectivity index (χ2v) is 5.24. The fourth-order valence-corrected chi connectivity index (χ4v) is 2.67. The average Bonchev–Trinajstić information content (AvgIpc) is 2.63. The van der Waals surface area contributed by atoms with E-state index < -0.39 is 5.97 Å².